The van der Waals surface area contributed by atoms with Crippen LogP contribution < -0.4 is 0 Å². The molecule has 0 amide bonds. The van der Waals surface area contributed by atoms with E-state index in [9.17, 15) is 0 Å². The normalized spacial score (nSPS) is 38.2. The van der Waals surface area contributed by atoms with Gasteiger partial charge in [-0.25, -0.2) is 4.98 Å². The lowest BCUT2D eigenvalue weighted by Crippen LogP contribution is -1.85. The minimum atomic E-state index is 0.431. The zero-order valence-electron chi connectivity index (χ0n) is 6.53. The lowest BCUT2D eigenvalue weighted by atomic mass is 10.1. The van der Waals surface area contributed by atoms with Crippen LogP contribution in [0.1, 0.15) is 30.2 Å². The molecule has 2 aliphatic rings. The first-order valence-electron chi connectivity index (χ1n) is 4.35. The first-order chi connectivity index (χ1) is 5.86. The molecule has 0 aliphatic heterocycles. The maximum absolute atomic E-state index is 5.68. The highest BCUT2D eigenvalue weighted by atomic mass is 35.5. The molecule has 2 atom stereocenters. The Hall–Kier alpha value is -0.150. The van der Waals surface area contributed by atoms with Crippen molar-refractivity contribution in [2.75, 3.05) is 0 Å². The van der Waals surface area contributed by atoms with Crippen LogP contribution in [0.3, 0.4) is 0 Å². The Morgan fingerprint density at radius 1 is 1.33 bits per heavy atom. The summed E-state index contributed by atoms with van der Waals surface area (Å²) in [7, 11) is 0. The molecule has 0 N–H and O–H groups in total. The molecule has 2 unspecified atom stereocenters. The van der Waals surface area contributed by atoms with Gasteiger partial charge in [-0.3, -0.25) is 0 Å². The molecule has 2 nitrogen and oxygen atoms in total. The van der Waals surface area contributed by atoms with E-state index in [2.05, 4.69) is 9.36 Å². The lowest BCUT2D eigenvalue weighted by molar-refractivity contribution is 0.679. The highest BCUT2D eigenvalue weighted by Crippen LogP contribution is 2.63. The number of nitrogens with zero attached hydrogens (tertiary/aromatic N) is 2. The van der Waals surface area contributed by atoms with Crippen molar-refractivity contribution in [3.63, 3.8) is 0 Å². The van der Waals surface area contributed by atoms with Gasteiger partial charge >= 0.3 is 0 Å². The maximum atomic E-state index is 5.68. The number of rotatable bonds is 1. The largest absolute Gasteiger partial charge is 0.234 e. The second kappa shape index (κ2) is 2.42. The molecule has 0 aromatic carbocycles. The van der Waals surface area contributed by atoms with Gasteiger partial charge < -0.3 is 0 Å². The second-order valence-corrected chi connectivity index (χ2v) is 4.81. The van der Waals surface area contributed by atoms with Crippen molar-refractivity contribution in [1.29, 1.82) is 0 Å². The summed E-state index contributed by atoms with van der Waals surface area (Å²) in [5.74, 6) is 2.58. The van der Waals surface area contributed by atoms with E-state index in [0.717, 1.165) is 17.8 Å². The van der Waals surface area contributed by atoms with Crippen LogP contribution in [0.15, 0.2) is 0 Å². The molecule has 12 heavy (non-hydrogen) atoms. The average Bonchev–Trinajstić information content (AvgIpc) is 2.55. The Balaban J connectivity index is 1.84. The molecule has 4 heteroatoms. The van der Waals surface area contributed by atoms with Crippen LogP contribution in [0.25, 0.3) is 0 Å². The Morgan fingerprint density at radius 2 is 2.08 bits per heavy atom. The van der Waals surface area contributed by atoms with Crippen molar-refractivity contribution >= 4 is 23.1 Å². The van der Waals surface area contributed by atoms with Gasteiger partial charge in [0, 0.05) is 5.92 Å². The lowest BCUT2D eigenvalue weighted by Gasteiger charge is -1.95. The molecule has 1 aromatic heterocycles. The fourth-order valence-corrected chi connectivity index (χ4v) is 3.59. The smallest absolute Gasteiger partial charge is 0.209 e. The van der Waals surface area contributed by atoms with Crippen molar-refractivity contribution in [2.45, 2.75) is 25.2 Å². The predicted molar refractivity (Wildman–Crippen MR) is 48.5 cm³/mol. The quantitative estimate of drug-likeness (QED) is 0.697. The fourth-order valence-electron chi connectivity index (χ4n) is 2.54. The van der Waals surface area contributed by atoms with Crippen LogP contribution in [0.2, 0.25) is 5.28 Å². The second-order valence-electron chi connectivity index (χ2n) is 3.69. The average molecular weight is 201 g/mol. The summed E-state index contributed by atoms with van der Waals surface area (Å²) < 4.78 is 4.00. The molecule has 1 heterocycles. The van der Waals surface area contributed by atoms with Gasteiger partial charge in [-0.1, -0.05) is 6.42 Å². The van der Waals surface area contributed by atoms with Gasteiger partial charge in [-0.2, -0.15) is 4.37 Å². The first-order valence-corrected chi connectivity index (χ1v) is 5.50. The summed E-state index contributed by atoms with van der Waals surface area (Å²) >= 11 is 7.16. The van der Waals surface area contributed by atoms with Gasteiger partial charge in [0.15, 0.2) is 0 Å². The summed E-state index contributed by atoms with van der Waals surface area (Å²) in [6, 6.07) is 0. The number of hydrogen-bond acceptors (Lipinski definition) is 3. The van der Waals surface area contributed by atoms with Gasteiger partial charge in [0.2, 0.25) is 5.28 Å². The van der Waals surface area contributed by atoms with E-state index in [1.54, 1.807) is 0 Å². The molecule has 0 radical (unpaired) electrons. The summed E-state index contributed by atoms with van der Waals surface area (Å²) in [5, 5.41) is 1.61. The standard InChI is InChI=1S/C8H9ClN2S/c9-8-10-7(12-11-8)6-4-2-1-3-5(4)6/h4-6H,1-3H2. The van der Waals surface area contributed by atoms with Crippen LogP contribution in [-0.4, -0.2) is 9.36 Å². The van der Waals surface area contributed by atoms with Crippen molar-refractivity contribution in [3.05, 3.63) is 10.3 Å². The minimum Gasteiger partial charge on any atom is -0.209 e. The molecule has 0 saturated heterocycles. The predicted octanol–water partition coefficient (Wildman–Crippen LogP) is 2.71. The Labute approximate surface area is 80.1 Å². The van der Waals surface area contributed by atoms with Gasteiger partial charge in [0.1, 0.15) is 5.01 Å². The zero-order chi connectivity index (χ0) is 8.13. The monoisotopic (exact) mass is 200 g/mol. The van der Waals surface area contributed by atoms with Crippen molar-refractivity contribution < 1.29 is 0 Å². The summed E-state index contributed by atoms with van der Waals surface area (Å²) in [6.07, 6.45) is 4.21. The van der Waals surface area contributed by atoms with Crippen LogP contribution in [0.4, 0.5) is 0 Å². The molecule has 64 valence electrons. The van der Waals surface area contributed by atoms with E-state index in [4.69, 9.17) is 11.6 Å². The van der Waals surface area contributed by atoms with E-state index in [0.29, 0.717) is 5.28 Å². The van der Waals surface area contributed by atoms with Gasteiger partial charge in [0.05, 0.1) is 0 Å². The third kappa shape index (κ3) is 0.927. The van der Waals surface area contributed by atoms with Crippen LogP contribution in [-0.2, 0) is 0 Å². The van der Waals surface area contributed by atoms with E-state index in [1.807, 2.05) is 0 Å². The third-order valence-corrected chi connectivity index (χ3v) is 4.19. The van der Waals surface area contributed by atoms with E-state index >= 15 is 0 Å². The summed E-state index contributed by atoms with van der Waals surface area (Å²) in [4.78, 5) is 4.23. The van der Waals surface area contributed by atoms with E-state index in [-0.39, 0.29) is 0 Å². The maximum Gasteiger partial charge on any atom is 0.234 e. The zero-order valence-corrected chi connectivity index (χ0v) is 8.11. The first kappa shape index (κ1) is 7.27. The van der Waals surface area contributed by atoms with E-state index in [1.165, 1.54) is 35.8 Å². The molecule has 0 bridgehead atoms. The molecule has 3 rings (SSSR count). The van der Waals surface area contributed by atoms with Crippen LogP contribution >= 0.6 is 23.1 Å². The highest BCUT2D eigenvalue weighted by Gasteiger charge is 2.54. The topological polar surface area (TPSA) is 25.8 Å². The summed E-state index contributed by atoms with van der Waals surface area (Å²) in [6.45, 7) is 0. The van der Waals surface area contributed by atoms with Gasteiger partial charge in [0.25, 0.3) is 0 Å². The number of aromatic nitrogens is 2. The number of fused-ring (bicyclic) bond motifs is 1. The van der Waals surface area contributed by atoms with Crippen LogP contribution in [0.5, 0.6) is 0 Å². The molecule has 2 saturated carbocycles. The highest BCUT2D eigenvalue weighted by molar-refractivity contribution is 7.05. The molecule has 1 aromatic rings. The Bertz CT molecular complexity index is 302. The molecular formula is C8H9ClN2S. The van der Waals surface area contributed by atoms with Gasteiger partial charge in [-0.15, -0.1) is 0 Å². The number of hydrogen-bond donors (Lipinski definition) is 0. The molecule has 2 fully saturated rings. The third-order valence-electron chi connectivity index (χ3n) is 3.11. The summed E-state index contributed by atoms with van der Waals surface area (Å²) in [5.41, 5.74) is 0. The van der Waals surface area contributed by atoms with Crippen LogP contribution in [0, 0.1) is 11.8 Å². The van der Waals surface area contributed by atoms with Crippen molar-refractivity contribution in [3.8, 4) is 0 Å². The molecule has 2 aliphatic carbocycles. The molecular weight excluding hydrogens is 192 g/mol. The fraction of sp³-hybridized carbons (Fsp3) is 0.750. The number of halogens is 1. The van der Waals surface area contributed by atoms with Crippen molar-refractivity contribution in [1.82, 2.24) is 9.36 Å². The Kier molecular flexibility index (Phi) is 1.47. The van der Waals surface area contributed by atoms with Gasteiger partial charge in [-0.05, 0) is 47.8 Å². The SMILES string of the molecule is Clc1nsc(C2C3CCCC32)n1. The van der Waals surface area contributed by atoms with Crippen molar-refractivity contribution in [2.24, 2.45) is 11.8 Å². The minimum absolute atomic E-state index is 0.431. The molecule has 0 spiro atoms. The Morgan fingerprint density at radius 3 is 2.67 bits per heavy atom. The van der Waals surface area contributed by atoms with E-state index < -0.39 is 0 Å².